The first-order valence-electron chi connectivity index (χ1n) is 4.47. The molecule has 2 aliphatic rings. The van der Waals surface area contributed by atoms with Gasteiger partial charge in [-0.3, -0.25) is 0 Å². The number of hydrogen-bond donors (Lipinski definition) is 3. The largest absolute Gasteiger partial charge is 0.450 e. The van der Waals surface area contributed by atoms with Gasteiger partial charge in [0.25, 0.3) is 0 Å². The van der Waals surface area contributed by atoms with Crippen LogP contribution in [0, 0.1) is 0 Å². The van der Waals surface area contributed by atoms with Crippen LogP contribution >= 0.6 is 0 Å². The summed E-state index contributed by atoms with van der Waals surface area (Å²) in [7, 11) is 0. The third-order valence-corrected chi connectivity index (χ3v) is 2.47. The Morgan fingerprint density at radius 3 is 2.71 bits per heavy atom. The van der Waals surface area contributed by atoms with E-state index >= 15 is 0 Å². The molecule has 0 aromatic carbocycles. The van der Waals surface area contributed by atoms with E-state index in [1.54, 1.807) is 6.92 Å². The van der Waals surface area contributed by atoms with Crippen molar-refractivity contribution in [3.05, 3.63) is 0 Å². The third-order valence-electron chi connectivity index (χ3n) is 2.47. The lowest BCUT2D eigenvalue weighted by Crippen LogP contribution is -2.56. The van der Waals surface area contributed by atoms with Gasteiger partial charge in [-0.1, -0.05) is 0 Å². The highest BCUT2D eigenvalue weighted by Crippen LogP contribution is 2.28. The predicted molar refractivity (Wildman–Crippen MR) is 45.7 cm³/mol. The van der Waals surface area contributed by atoms with Crippen LogP contribution in [0.5, 0.6) is 0 Å². The van der Waals surface area contributed by atoms with Gasteiger partial charge in [0.05, 0.1) is 6.61 Å². The van der Waals surface area contributed by atoms with Gasteiger partial charge in [-0.2, -0.15) is 0 Å². The highest BCUT2D eigenvalue weighted by atomic mass is 16.7. The zero-order chi connectivity index (χ0) is 10.3. The molecule has 0 amide bonds. The fraction of sp³-hybridized carbons (Fsp3) is 0.875. The minimum absolute atomic E-state index is 0.357. The molecular formula is C8H13NO5. The molecule has 0 aliphatic carbocycles. The second kappa shape index (κ2) is 3.47. The number of aliphatic hydroxyl groups excluding tert-OH is 3. The van der Waals surface area contributed by atoms with Gasteiger partial charge in [0.2, 0.25) is 6.29 Å². The van der Waals surface area contributed by atoms with E-state index in [0.29, 0.717) is 5.90 Å². The summed E-state index contributed by atoms with van der Waals surface area (Å²) in [6, 6.07) is -0.590. The van der Waals surface area contributed by atoms with E-state index in [2.05, 4.69) is 4.99 Å². The summed E-state index contributed by atoms with van der Waals surface area (Å²) in [5, 5.41) is 28.0. The Labute approximate surface area is 80.8 Å². The molecule has 0 radical (unpaired) electrons. The highest BCUT2D eigenvalue weighted by Gasteiger charge is 2.48. The Hall–Kier alpha value is -0.690. The summed E-state index contributed by atoms with van der Waals surface area (Å²) >= 11 is 0. The standard InChI is InChI=1S/C8H13NO5/c1-3-9-5-7(12)6(11)4(2-10)14-8(5)13-3/h4-8,10-12H,2H2,1H3/t4-,5?,6-,7-,8+/m1/s1. The Balaban J connectivity index is 2.14. The molecule has 2 heterocycles. The van der Waals surface area contributed by atoms with E-state index in [9.17, 15) is 10.2 Å². The lowest BCUT2D eigenvalue weighted by molar-refractivity contribution is -0.234. The van der Waals surface area contributed by atoms with Crippen LogP contribution in [-0.4, -0.2) is 58.5 Å². The second-order valence-corrected chi connectivity index (χ2v) is 3.46. The summed E-state index contributed by atoms with van der Waals surface area (Å²) in [6.07, 6.45) is -3.68. The number of aliphatic imine (C=N–C) groups is 1. The van der Waals surface area contributed by atoms with E-state index in [4.69, 9.17) is 14.6 Å². The molecule has 0 aromatic rings. The van der Waals surface area contributed by atoms with Crippen LogP contribution in [0.25, 0.3) is 0 Å². The fourth-order valence-electron chi connectivity index (χ4n) is 1.71. The molecule has 2 rings (SSSR count). The lowest BCUT2D eigenvalue weighted by Gasteiger charge is -2.36. The van der Waals surface area contributed by atoms with E-state index in [1.165, 1.54) is 0 Å². The molecule has 80 valence electrons. The van der Waals surface area contributed by atoms with Gasteiger partial charge in [0.15, 0.2) is 5.90 Å². The van der Waals surface area contributed by atoms with Crippen LogP contribution in [0.15, 0.2) is 4.99 Å². The minimum atomic E-state index is -1.13. The smallest absolute Gasteiger partial charge is 0.227 e. The molecule has 2 aliphatic heterocycles. The molecule has 0 aromatic heterocycles. The van der Waals surface area contributed by atoms with Crippen molar-refractivity contribution in [1.29, 1.82) is 0 Å². The van der Waals surface area contributed by atoms with Gasteiger partial charge in [-0.05, 0) is 0 Å². The van der Waals surface area contributed by atoms with E-state index < -0.39 is 30.6 Å². The third kappa shape index (κ3) is 1.40. The van der Waals surface area contributed by atoms with Gasteiger partial charge in [-0.25, -0.2) is 4.99 Å². The molecule has 0 saturated carbocycles. The van der Waals surface area contributed by atoms with Gasteiger partial charge in [-0.15, -0.1) is 0 Å². The average molecular weight is 203 g/mol. The number of ether oxygens (including phenoxy) is 2. The van der Waals surface area contributed by atoms with Gasteiger partial charge < -0.3 is 24.8 Å². The van der Waals surface area contributed by atoms with Crippen LogP contribution in [0.3, 0.4) is 0 Å². The first kappa shape index (κ1) is 9.85. The Morgan fingerprint density at radius 1 is 1.36 bits per heavy atom. The Kier molecular flexibility index (Phi) is 2.44. The van der Waals surface area contributed by atoms with Crippen LogP contribution in [0.2, 0.25) is 0 Å². The molecular weight excluding hydrogens is 190 g/mol. The normalized spacial score (nSPS) is 46.9. The summed E-state index contributed by atoms with van der Waals surface area (Å²) < 4.78 is 10.4. The first-order chi connectivity index (χ1) is 6.63. The molecule has 6 heteroatoms. The molecule has 1 fully saturated rings. The maximum Gasteiger partial charge on any atom is 0.227 e. The fourth-order valence-corrected chi connectivity index (χ4v) is 1.71. The van der Waals surface area contributed by atoms with Gasteiger partial charge in [0, 0.05) is 6.92 Å². The summed E-state index contributed by atoms with van der Waals surface area (Å²) in [5.41, 5.74) is 0. The predicted octanol–water partition coefficient (Wildman–Crippen LogP) is -1.76. The topological polar surface area (TPSA) is 91.5 Å². The number of rotatable bonds is 1. The monoisotopic (exact) mass is 203 g/mol. The van der Waals surface area contributed by atoms with Crippen molar-refractivity contribution in [1.82, 2.24) is 0 Å². The zero-order valence-corrected chi connectivity index (χ0v) is 7.70. The number of nitrogens with zero attached hydrogens (tertiary/aromatic N) is 1. The molecule has 1 saturated heterocycles. The SMILES string of the molecule is CC1=NC2[C@@H](O1)O[C@H](CO)[C@@H](O)[C@@H]2O. The van der Waals surface area contributed by atoms with Crippen LogP contribution in [-0.2, 0) is 9.47 Å². The minimum Gasteiger partial charge on any atom is -0.450 e. The van der Waals surface area contributed by atoms with Crippen molar-refractivity contribution >= 4 is 5.90 Å². The van der Waals surface area contributed by atoms with Gasteiger partial charge >= 0.3 is 0 Å². The average Bonchev–Trinajstić information content (AvgIpc) is 2.52. The number of fused-ring (bicyclic) bond motifs is 1. The molecule has 1 unspecified atom stereocenters. The maximum absolute atomic E-state index is 9.64. The highest BCUT2D eigenvalue weighted by molar-refractivity contribution is 5.75. The van der Waals surface area contributed by atoms with Crippen molar-refractivity contribution < 1.29 is 24.8 Å². The molecule has 14 heavy (non-hydrogen) atoms. The first-order valence-corrected chi connectivity index (χ1v) is 4.47. The second-order valence-electron chi connectivity index (χ2n) is 3.46. The van der Waals surface area contributed by atoms with Crippen molar-refractivity contribution in [3.63, 3.8) is 0 Å². The van der Waals surface area contributed by atoms with Crippen molar-refractivity contribution in [3.8, 4) is 0 Å². The van der Waals surface area contributed by atoms with Crippen LogP contribution < -0.4 is 0 Å². The lowest BCUT2D eigenvalue weighted by atomic mass is 9.98. The number of aliphatic hydroxyl groups is 3. The molecule has 5 atom stereocenters. The zero-order valence-electron chi connectivity index (χ0n) is 7.70. The molecule has 3 N–H and O–H groups in total. The maximum atomic E-state index is 9.64. The van der Waals surface area contributed by atoms with Crippen molar-refractivity contribution in [2.24, 2.45) is 4.99 Å². The van der Waals surface area contributed by atoms with E-state index in [1.807, 2.05) is 0 Å². The van der Waals surface area contributed by atoms with Gasteiger partial charge in [0.1, 0.15) is 24.4 Å². The van der Waals surface area contributed by atoms with Crippen LogP contribution in [0.1, 0.15) is 6.92 Å². The quantitative estimate of drug-likeness (QED) is 0.469. The Morgan fingerprint density at radius 2 is 2.07 bits per heavy atom. The summed E-state index contributed by atoms with van der Waals surface area (Å²) in [4.78, 5) is 3.99. The number of hydrogen-bond acceptors (Lipinski definition) is 6. The molecule has 6 nitrogen and oxygen atoms in total. The Bertz CT molecular complexity index is 256. The van der Waals surface area contributed by atoms with Crippen molar-refractivity contribution in [2.45, 2.75) is 37.6 Å². The van der Waals surface area contributed by atoms with Crippen molar-refractivity contribution in [2.75, 3.05) is 6.61 Å². The summed E-state index contributed by atoms with van der Waals surface area (Å²) in [6.45, 7) is 1.29. The van der Waals surface area contributed by atoms with E-state index in [-0.39, 0.29) is 6.61 Å². The molecule has 0 spiro atoms. The summed E-state index contributed by atoms with van der Waals surface area (Å²) in [5.74, 6) is 0.421. The van der Waals surface area contributed by atoms with E-state index in [0.717, 1.165) is 0 Å². The van der Waals surface area contributed by atoms with Crippen LogP contribution in [0.4, 0.5) is 0 Å². The molecule has 0 bridgehead atoms.